The Kier molecular flexibility index (Phi) is 6.16. The number of alkyl halides is 3. The average Bonchev–Trinajstić information content (AvgIpc) is 3.23. The van der Waals surface area contributed by atoms with Crippen molar-refractivity contribution < 1.29 is 32.2 Å². The van der Waals surface area contributed by atoms with Gasteiger partial charge in [0, 0.05) is 35.9 Å². The molecule has 4 rings (SSSR count). The first-order chi connectivity index (χ1) is 15.5. The summed E-state index contributed by atoms with van der Waals surface area (Å²) in [6.45, 7) is 6.14. The molecule has 2 atom stereocenters. The molecule has 0 bridgehead atoms. The number of Topliss-reactive ketones (excluding diaryl/α,β-unsaturated/α-hetero) is 1. The molecule has 0 radical (unpaired) electrons. The van der Waals surface area contributed by atoms with Crippen molar-refractivity contribution in [2.45, 2.75) is 64.7 Å². The van der Waals surface area contributed by atoms with E-state index in [2.05, 4.69) is 5.32 Å². The van der Waals surface area contributed by atoms with Crippen LogP contribution in [0.15, 0.2) is 46.8 Å². The summed E-state index contributed by atoms with van der Waals surface area (Å²) >= 11 is 0. The van der Waals surface area contributed by atoms with E-state index in [1.807, 2.05) is 13.8 Å². The van der Waals surface area contributed by atoms with Crippen molar-refractivity contribution in [2.75, 3.05) is 13.2 Å². The van der Waals surface area contributed by atoms with Crippen LogP contribution < -0.4 is 5.32 Å². The monoisotopic (exact) mass is 463 g/mol. The number of carbonyl (C=O) groups excluding carboxylic acids is 2. The maximum absolute atomic E-state index is 14.0. The van der Waals surface area contributed by atoms with Gasteiger partial charge in [0.2, 0.25) is 0 Å². The number of ether oxygens (including phenoxy) is 2. The molecule has 2 heterocycles. The quantitative estimate of drug-likeness (QED) is 0.635. The Bertz CT molecular complexity index is 1030. The molecule has 0 aromatic heterocycles. The number of halogens is 3. The Hall–Kier alpha value is -2.61. The standard InChI is InChI=1S/C25H28F3NO4/c1-14-20(23(31)33-13-15-7-6-10-32-15)21(16-8-4-5-9-17(16)25(26,27)28)22-18(29-14)11-24(2,3)12-19(22)30/h4-5,8-9,15,21,29H,6-7,10-13H2,1-3H3. The van der Waals surface area contributed by atoms with Crippen LogP contribution in [0.1, 0.15) is 63.5 Å². The number of hydrogen-bond acceptors (Lipinski definition) is 5. The highest BCUT2D eigenvalue weighted by Crippen LogP contribution is 2.49. The summed E-state index contributed by atoms with van der Waals surface area (Å²) in [5.74, 6) is -2.14. The van der Waals surface area contributed by atoms with Gasteiger partial charge >= 0.3 is 12.1 Å². The molecule has 2 aliphatic heterocycles. The molecule has 1 saturated heterocycles. The van der Waals surface area contributed by atoms with Gasteiger partial charge in [0.15, 0.2) is 5.78 Å². The number of hydrogen-bond donors (Lipinski definition) is 1. The van der Waals surface area contributed by atoms with Crippen molar-refractivity contribution in [3.63, 3.8) is 0 Å². The van der Waals surface area contributed by atoms with Gasteiger partial charge in [-0.1, -0.05) is 32.0 Å². The lowest BCUT2D eigenvalue weighted by Gasteiger charge is -2.40. The fraction of sp³-hybridized carbons (Fsp3) is 0.520. The minimum absolute atomic E-state index is 0.0239. The molecule has 178 valence electrons. The first kappa shape index (κ1) is 23.5. The van der Waals surface area contributed by atoms with Crippen LogP contribution in [0.25, 0.3) is 0 Å². The largest absolute Gasteiger partial charge is 0.459 e. The fourth-order valence-corrected chi connectivity index (χ4v) is 5.05. The molecule has 1 fully saturated rings. The Morgan fingerprint density at radius 1 is 1.24 bits per heavy atom. The molecule has 33 heavy (non-hydrogen) atoms. The van der Waals surface area contributed by atoms with E-state index in [1.54, 1.807) is 6.92 Å². The predicted octanol–water partition coefficient (Wildman–Crippen LogP) is 5.03. The fourth-order valence-electron chi connectivity index (χ4n) is 5.05. The number of nitrogens with one attached hydrogen (secondary N) is 1. The lowest BCUT2D eigenvalue weighted by molar-refractivity contribution is -0.143. The second-order valence-electron chi connectivity index (χ2n) is 9.75. The molecule has 0 amide bonds. The van der Waals surface area contributed by atoms with Gasteiger partial charge in [-0.25, -0.2) is 4.79 Å². The van der Waals surface area contributed by atoms with Crippen LogP contribution in [0, 0.1) is 5.41 Å². The summed E-state index contributed by atoms with van der Waals surface area (Å²) in [5, 5.41) is 3.15. The van der Waals surface area contributed by atoms with Gasteiger partial charge in [-0.3, -0.25) is 4.79 Å². The van der Waals surface area contributed by atoms with Crippen molar-refractivity contribution in [3.8, 4) is 0 Å². The summed E-state index contributed by atoms with van der Waals surface area (Å²) in [5.41, 5.74) is -0.0778. The highest BCUT2D eigenvalue weighted by atomic mass is 19.4. The number of carbonyl (C=O) groups is 2. The minimum atomic E-state index is -4.64. The third kappa shape index (κ3) is 4.71. The Labute approximate surface area is 191 Å². The first-order valence-corrected chi connectivity index (χ1v) is 11.2. The molecule has 2 unspecified atom stereocenters. The summed E-state index contributed by atoms with van der Waals surface area (Å²) in [6.07, 6.45) is -2.55. The van der Waals surface area contributed by atoms with Crippen LogP contribution in [0.4, 0.5) is 13.2 Å². The highest BCUT2D eigenvalue weighted by Gasteiger charge is 2.46. The number of allylic oxidation sites excluding steroid dienone is 3. The molecular formula is C25H28F3NO4. The SMILES string of the molecule is CC1=C(C(=O)OCC2CCCO2)C(c2ccccc2C(F)(F)F)C2=C(CC(C)(C)CC2=O)N1. The normalized spacial score (nSPS) is 25.1. The average molecular weight is 463 g/mol. The van der Waals surface area contributed by atoms with Crippen molar-refractivity contribution in [1.82, 2.24) is 5.32 Å². The lowest BCUT2D eigenvalue weighted by Crippen LogP contribution is -2.39. The summed E-state index contributed by atoms with van der Waals surface area (Å²) < 4.78 is 52.9. The zero-order valence-electron chi connectivity index (χ0n) is 19.0. The van der Waals surface area contributed by atoms with Gasteiger partial charge in [-0.2, -0.15) is 13.2 Å². The van der Waals surface area contributed by atoms with E-state index in [1.165, 1.54) is 18.2 Å². The third-order valence-corrected chi connectivity index (χ3v) is 6.46. The molecule has 5 nitrogen and oxygen atoms in total. The van der Waals surface area contributed by atoms with Crippen LogP contribution in [0.2, 0.25) is 0 Å². The molecule has 1 N–H and O–H groups in total. The smallest absolute Gasteiger partial charge is 0.416 e. The Morgan fingerprint density at radius 3 is 2.64 bits per heavy atom. The number of rotatable bonds is 4. The topological polar surface area (TPSA) is 64.6 Å². The van der Waals surface area contributed by atoms with Crippen LogP contribution in [-0.4, -0.2) is 31.1 Å². The van der Waals surface area contributed by atoms with Gasteiger partial charge in [-0.15, -0.1) is 0 Å². The zero-order chi connectivity index (χ0) is 24.0. The van der Waals surface area contributed by atoms with E-state index >= 15 is 0 Å². The summed E-state index contributed by atoms with van der Waals surface area (Å²) in [6, 6.07) is 5.13. The zero-order valence-corrected chi connectivity index (χ0v) is 19.0. The van der Waals surface area contributed by atoms with E-state index in [9.17, 15) is 22.8 Å². The molecular weight excluding hydrogens is 435 g/mol. The van der Waals surface area contributed by atoms with E-state index in [0.29, 0.717) is 24.4 Å². The van der Waals surface area contributed by atoms with Crippen LogP contribution >= 0.6 is 0 Å². The highest BCUT2D eigenvalue weighted by molar-refractivity contribution is 6.04. The number of benzene rings is 1. The van der Waals surface area contributed by atoms with Crippen LogP contribution in [0.5, 0.6) is 0 Å². The third-order valence-electron chi connectivity index (χ3n) is 6.46. The minimum Gasteiger partial charge on any atom is -0.459 e. The maximum atomic E-state index is 14.0. The molecule has 8 heteroatoms. The van der Waals surface area contributed by atoms with Crippen LogP contribution in [0.3, 0.4) is 0 Å². The van der Waals surface area contributed by atoms with Crippen molar-refractivity contribution in [3.05, 3.63) is 57.9 Å². The molecule has 0 saturated carbocycles. The maximum Gasteiger partial charge on any atom is 0.416 e. The number of esters is 1. The van der Waals surface area contributed by atoms with E-state index in [0.717, 1.165) is 18.9 Å². The Morgan fingerprint density at radius 2 is 1.97 bits per heavy atom. The van der Waals surface area contributed by atoms with E-state index in [4.69, 9.17) is 9.47 Å². The van der Waals surface area contributed by atoms with Gasteiger partial charge in [0.25, 0.3) is 0 Å². The molecule has 1 aliphatic carbocycles. The van der Waals surface area contributed by atoms with E-state index in [-0.39, 0.29) is 47.0 Å². The van der Waals surface area contributed by atoms with Crippen molar-refractivity contribution >= 4 is 11.8 Å². The van der Waals surface area contributed by atoms with Gasteiger partial charge in [-0.05, 0) is 43.2 Å². The molecule has 1 aromatic rings. The molecule has 0 spiro atoms. The number of dihydropyridines is 1. The lowest BCUT2D eigenvalue weighted by atomic mass is 9.68. The van der Waals surface area contributed by atoms with E-state index < -0.39 is 23.6 Å². The second-order valence-corrected chi connectivity index (χ2v) is 9.75. The van der Waals surface area contributed by atoms with Gasteiger partial charge < -0.3 is 14.8 Å². The van der Waals surface area contributed by atoms with Crippen molar-refractivity contribution in [2.24, 2.45) is 5.41 Å². The van der Waals surface area contributed by atoms with Crippen LogP contribution in [-0.2, 0) is 25.2 Å². The van der Waals surface area contributed by atoms with Crippen molar-refractivity contribution in [1.29, 1.82) is 0 Å². The Balaban J connectivity index is 1.81. The second kappa shape index (κ2) is 8.63. The summed E-state index contributed by atoms with van der Waals surface area (Å²) in [7, 11) is 0. The predicted molar refractivity (Wildman–Crippen MR) is 115 cm³/mol. The summed E-state index contributed by atoms with van der Waals surface area (Å²) in [4.78, 5) is 26.5. The molecule has 3 aliphatic rings. The number of ketones is 1. The first-order valence-electron chi connectivity index (χ1n) is 11.2. The van der Waals surface area contributed by atoms with Gasteiger partial charge in [0.05, 0.1) is 17.2 Å². The van der Waals surface area contributed by atoms with Gasteiger partial charge in [0.1, 0.15) is 6.61 Å². The molecule has 1 aromatic carbocycles.